The molecule has 0 aliphatic carbocycles. The summed E-state index contributed by atoms with van der Waals surface area (Å²) in [5.41, 5.74) is 0.825. The number of carbonyl (C=O) groups excluding carboxylic acids is 1. The molecule has 1 aliphatic heterocycles. The molecule has 1 fully saturated rings. The van der Waals surface area contributed by atoms with Gasteiger partial charge >= 0.3 is 0 Å². The van der Waals surface area contributed by atoms with Gasteiger partial charge in [-0.3, -0.25) is 9.78 Å². The van der Waals surface area contributed by atoms with Gasteiger partial charge in [-0.15, -0.1) is 24.8 Å². The molecule has 1 saturated heterocycles. The average molecular weight is 306 g/mol. The second kappa shape index (κ2) is 8.35. The van der Waals surface area contributed by atoms with Crippen LogP contribution in [-0.4, -0.2) is 24.0 Å². The first-order chi connectivity index (χ1) is 8.21. The molecule has 0 saturated carbocycles. The highest BCUT2D eigenvalue weighted by molar-refractivity contribution is 5.85. The summed E-state index contributed by atoms with van der Waals surface area (Å²) < 4.78 is 0. The van der Waals surface area contributed by atoms with E-state index in [0.717, 1.165) is 31.5 Å². The number of carbonyl (C=O) groups is 1. The molecule has 2 heterocycles. The van der Waals surface area contributed by atoms with Crippen LogP contribution in [0.3, 0.4) is 0 Å². The molecule has 0 spiro atoms. The van der Waals surface area contributed by atoms with E-state index in [4.69, 9.17) is 0 Å². The molecule has 1 amide bonds. The van der Waals surface area contributed by atoms with Crippen molar-refractivity contribution in [3.05, 3.63) is 30.1 Å². The first-order valence-electron chi connectivity index (χ1n) is 6.09. The van der Waals surface area contributed by atoms with Crippen molar-refractivity contribution in [1.29, 1.82) is 0 Å². The number of nitrogens with zero attached hydrogens (tertiary/aromatic N) is 1. The molecule has 0 bridgehead atoms. The summed E-state index contributed by atoms with van der Waals surface area (Å²) in [6.07, 6.45) is 5.51. The summed E-state index contributed by atoms with van der Waals surface area (Å²) in [4.78, 5) is 16.1. The van der Waals surface area contributed by atoms with E-state index in [2.05, 4.69) is 15.6 Å². The van der Waals surface area contributed by atoms with Crippen LogP contribution >= 0.6 is 24.8 Å². The van der Waals surface area contributed by atoms with E-state index >= 15 is 0 Å². The van der Waals surface area contributed by atoms with Crippen molar-refractivity contribution in [2.24, 2.45) is 5.41 Å². The quantitative estimate of drug-likeness (QED) is 0.897. The van der Waals surface area contributed by atoms with Crippen molar-refractivity contribution >= 4 is 30.7 Å². The van der Waals surface area contributed by atoms with Gasteiger partial charge in [-0.1, -0.05) is 0 Å². The van der Waals surface area contributed by atoms with Crippen LogP contribution in [0.4, 0.5) is 0 Å². The minimum Gasteiger partial charge on any atom is -0.352 e. The predicted octanol–water partition coefficient (Wildman–Crippen LogP) is 1.93. The van der Waals surface area contributed by atoms with Crippen molar-refractivity contribution in [2.45, 2.75) is 26.3 Å². The molecule has 0 aromatic carbocycles. The summed E-state index contributed by atoms with van der Waals surface area (Å²) in [6.45, 7) is 4.40. The third-order valence-electron chi connectivity index (χ3n) is 3.35. The van der Waals surface area contributed by atoms with E-state index in [1.165, 1.54) is 0 Å². The lowest BCUT2D eigenvalue weighted by molar-refractivity contribution is -0.131. The highest BCUT2D eigenvalue weighted by Gasteiger charge is 2.34. The van der Waals surface area contributed by atoms with Crippen LogP contribution in [0.5, 0.6) is 0 Å². The zero-order valence-corrected chi connectivity index (χ0v) is 12.6. The molecule has 1 atom stereocenters. The molecular weight excluding hydrogens is 285 g/mol. The van der Waals surface area contributed by atoms with Gasteiger partial charge in [-0.25, -0.2) is 0 Å². The summed E-state index contributed by atoms with van der Waals surface area (Å²) in [6, 6.07) is 3.84. The topological polar surface area (TPSA) is 54.0 Å². The monoisotopic (exact) mass is 305 g/mol. The largest absolute Gasteiger partial charge is 0.352 e. The number of nitrogens with one attached hydrogen (secondary N) is 2. The van der Waals surface area contributed by atoms with Crippen LogP contribution in [0.2, 0.25) is 0 Å². The lowest BCUT2D eigenvalue weighted by Crippen LogP contribution is -2.48. The third kappa shape index (κ3) is 4.97. The fourth-order valence-electron chi connectivity index (χ4n) is 2.15. The van der Waals surface area contributed by atoms with E-state index in [9.17, 15) is 4.79 Å². The van der Waals surface area contributed by atoms with Crippen molar-refractivity contribution in [3.8, 4) is 0 Å². The summed E-state index contributed by atoms with van der Waals surface area (Å²) >= 11 is 0. The lowest BCUT2D eigenvalue weighted by atomic mass is 9.82. The fourth-order valence-corrected chi connectivity index (χ4v) is 2.15. The standard InChI is InChI=1S/C13H19N3O.2ClH/c1-13(5-2-6-15-10-13)12(17)16-9-11-3-7-14-8-4-11;;/h3-4,7-8,15H,2,5-6,9-10H2,1H3,(H,16,17);2*1H. The number of hydrogen-bond acceptors (Lipinski definition) is 3. The Morgan fingerprint density at radius 1 is 1.42 bits per heavy atom. The molecule has 1 unspecified atom stereocenters. The number of piperidine rings is 1. The SMILES string of the molecule is CC1(C(=O)NCc2ccncc2)CCCNC1.Cl.Cl. The Morgan fingerprint density at radius 3 is 2.68 bits per heavy atom. The van der Waals surface area contributed by atoms with Crippen molar-refractivity contribution in [1.82, 2.24) is 15.6 Å². The summed E-state index contributed by atoms with van der Waals surface area (Å²) in [7, 11) is 0. The molecular formula is C13H21Cl2N3O. The second-order valence-corrected chi connectivity index (χ2v) is 4.88. The normalized spacial score (nSPS) is 21.7. The number of rotatable bonds is 3. The maximum Gasteiger partial charge on any atom is 0.227 e. The van der Waals surface area contributed by atoms with E-state index in [-0.39, 0.29) is 36.1 Å². The Balaban J connectivity index is 0.00000162. The maximum atomic E-state index is 12.1. The van der Waals surface area contributed by atoms with E-state index in [1.807, 2.05) is 19.1 Å². The fraction of sp³-hybridized carbons (Fsp3) is 0.538. The van der Waals surface area contributed by atoms with Crippen LogP contribution < -0.4 is 10.6 Å². The van der Waals surface area contributed by atoms with Crippen LogP contribution in [0.15, 0.2) is 24.5 Å². The first-order valence-corrected chi connectivity index (χ1v) is 6.09. The minimum atomic E-state index is -0.259. The minimum absolute atomic E-state index is 0. The van der Waals surface area contributed by atoms with E-state index < -0.39 is 0 Å². The molecule has 1 aromatic heterocycles. The molecule has 0 radical (unpaired) electrons. The van der Waals surface area contributed by atoms with Gasteiger partial charge in [0.2, 0.25) is 5.91 Å². The van der Waals surface area contributed by atoms with Gasteiger partial charge in [0.25, 0.3) is 0 Å². The van der Waals surface area contributed by atoms with Crippen molar-refractivity contribution < 1.29 is 4.79 Å². The van der Waals surface area contributed by atoms with Gasteiger partial charge in [0, 0.05) is 25.5 Å². The van der Waals surface area contributed by atoms with Crippen molar-refractivity contribution in [2.75, 3.05) is 13.1 Å². The zero-order chi connectivity index (χ0) is 12.1. The highest BCUT2D eigenvalue weighted by Crippen LogP contribution is 2.25. The average Bonchev–Trinajstić information content (AvgIpc) is 2.38. The predicted molar refractivity (Wildman–Crippen MR) is 80.8 cm³/mol. The Hall–Kier alpha value is -0.840. The maximum absolute atomic E-state index is 12.1. The Kier molecular flexibility index (Phi) is 7.99. The Labute approximate surface area is 126 Å². The number of pyridine rings is 1. The zero-order valence-electron chi connectivity index (χ0n) is 11.0. The van der Waals surface area contributed by atoms with Gasteiger partial charge in [0.15, 0.2) is 0 Å². The molecule has 1 aliphatic rings. The van der Waals surface area contributed by atoms with Crippen LogP contribution in [0.25, 0.3) is 0 Å². The number of halogens is 2. The third-order valence-corrected chi connectivity index (χ3v) is 3.35. The van der Waals surface area contributed by atoms with Gasteiger partial charge in [-0.2, -0.15) is 0 Å². The number of hydrogen-bond donors (Lipinski definition) is 2. The molecule has 1 aromatic rings. The molecule has 108 valence electrons. The molecule has 6 heteroatoms. The van der Waals surface area contributed by atoms with Crippen LogP contribution in [0, 0.1) is 5.41 Å². The van der Waals surface area contributed by atoms with E-state index in [0.29, 0.717) is 6.54 Å². The van der Waals surface area contributed by atoms with Gasteiger partial charge in [0.1, 0.15) is 0 Å². The second-order valence-electron chi connectivity index (χ2n) is 4.88. The number of amides is 1. The van der Waals surface area contributed by atoms with Crippen LogP contribution in [-0.2, 0) is 11.3 Å². The van der Waals surface area contributed by atoms with Crippen LogP contribution in [0.1, 0.15) is 25.3 Å². The number of aromatic nitrogens is 1. The first kappa shape index (κ1) is 18.2. The van der Waals surface area contributed by atoms with Gasteiger partial charge < -0.3 is 10.6 Å². The molecule has 2 N–H and O–H groups in total. The molecule has 2 rings (SSSR count). The Morgan fingerprint density at radius 2 is 2.11 bits per heavy atom. The van der Waals surface area contributed by atoms with E-state index in [1.54, 1.807) is 12.4 Å². The van der Waals surface area contributed by atoms with Gasteiger partial charge in [0.05, 0.1) is 5.41 Å². The summed E-state index contributed by atoms with van der Waals surface area (Å²) in [5.74, 6) is 0.140. The smallest absolute Gasteiger partial charge is 0.227 e. The van der Waals surface area contributed by atoms with Gasteiger partial charge in [-0.05, 0) is 44.0 Å². The highest BCUT2D eigenvalue weighted by atomic mass is 35.5. The van der Waals surface area contributed by atoms with Crippen molar-refractivity contribution in [3.63, 3.8) is 0 Å². The Bertz CT molecular complexity index is 381. The molecule has 4 nitrogen and oxygen atoms in total. The molecule has 19 heavy (non-hydrogen) atoms. The summed E-state index contributed by atoms with van der Waals surface area (Å²) in [5, 5.41) is 6.29. The lowest BCUT2D eigenvalue weighted by Gasteiger charge is -2.32.